The molecule has 3 atom stereocenters. The van der Waals surface area contributed by atoms with Crippen molar-refractivity contribution < 1.29 is 9.53 Å². The van der Waals surface area contributed by atoms with Crippen LogP contribution in [0.15, 0.2) is 30.3 Å². The Balaban J connectivity index is 1.61. The van der Waals surface area contributed by atoms with E-state index in [9.17, 15) is 4.79 Å². The fraction of sp³-hybridized carbons (Fsp3) is 0.611. The average Bonchev–Trinajstić information content (AvgIpc) is 2.51. The van der Waals surface area contributed by atoms with Crippen LogP contribution in [0.2, 0.25) is 0 Å². The lowest BCUT2D eigenvalue weighted by Crippen LogP contribution is -2.46. The van der Waals surface area contributed by atoms with Gasteiger partial charge in [0, 0.05) is 38.6 Å². The first kappa shape index (κ1) is 17.9. The van der Waals surface area contributed by atoms with Crippen LogP contribution in [-0.2, 0) is 9.53 Å². The quantitative estimate of drug-likeness (QED) is 0.751. The third-order valence-corrected chi connectivity index (χ3v) is 4.10. The van der Waals surface area contributed by atoms with Gasteiger partial charge in [-0.15, -0.1) is 0 Å². The van der Waals surface area contributed by atoms with Crippen LogP contribution in [0, 0.1) is 0 Å². The highest BCUT2D eigenvalue weighted by Gasteiger charge is 2.21. The molecule has 2 rings (SSSR count). The van der Waals surface area contributed by atoms with Gasteiger partial charge in [-0.25, -0.2) is 0 Å². The number of nitrogens with two attached hydrogens (primary N) is 1. The van der Waals surface area contributed by atoms with Crippen molar-refractivity contribution in [2.45, 2.75) is 44.9 Å². The zero-order valence-corrected chi connectivity index (χ0v) is 14.2. The Hall–Kier alpha value is -1.43. The molecule has 0 radical (unpaired) electrons. The van der Waals surface area contributed by atoms with Gasteiger partial charge in [0.05, 0.1) is 12.2 Å². The Morgan fingerprint density at radius 3 is 2.61 bits per heavy atom. The number of amides is 1. The average molecular weight is 319 g/mol. The Bertz CT molecular complexity index is 470. The molecule has 0 saturated carbocycles. The van der Waals surface area contributed by atoms with E-state index in [2.05, 4.69) is 24.1 Å². The van der Waals surface area contributed by atoms with E-state index >= 15 is 0 Å². The summed E-state index contributed by atoms with van der Waals surface area (Å²) in [5.41, 5.74) is 7.06. The first-order valence-corrected chi connectivity index (χ1v) is 8.49. The van der Waals surface area contributed by atoms with Gasteiger partial charge >= 0.3 is 0 Å². The third kappa shape index (κ3) is 6.29. The van der Waals surface area contributed by atoms with Crippen LogP contribution in [0.1, 0.15) is 38.3 Å². The smallest absolute Gasteiger partial charge is 0.221 e. The molecular weight excluding hydrogens is 290 g/mol. The third-order valence-electron chi connectivity index (χ3n) is 4.10. The standard InChI is InChI=1S/C18H29N3O2/c1-14-12-21(13-15(2)23-14)10-6-9-20-18(22)11-17(19)16-7-4-3-5-8-16/h3-5,7-8,14-15,17H,6,9-13,19H2,1-2H3,(H,20,22). The molecule has 1 aromatic rings. The molecule has 5 heteroatoms. The molecule has 0 bridgehead atoms. The fourth-order valence-electron chi connectivity index (χ4n) is 3.09. The molecule has 0 aliphatic carbocycles. The van der Waals surface area contributed by atoms with Crippen LogP contribution >= 0.6 is 0 Å². The summed E-state index contributed by atoms with van der Waals surface area (Å²) in [5.74, 6) is 0.0186. The fourth-order valence-corrected chi connectivity index (χ4v) is 3.09. The summed E-state index contributed by atoms with van der Waals surface area (Å²) in [7, 11) is 0. The highest BCUT2D eigenvalue weighted by molar-refractivity contribution is 5.76. The van der Waals surface area contributed by atoms with Crippen LogP contribution in [0.25, 0.3) is 0 Å². The number of rotatable bonds is 7. The summed E-state index contributed by atoms with van der Waals surface area (Å²) in [4.78, 5) is 14.4. The topological polar surface area (TPSA) is 67.6 Å². The minimum Gasteiger partial charge on any atom is -0.373 e. The van der Waals surface area contributed by atoms with E-state index < -0.39 is 0 Å². The number of ether oxygens (including phenoxy) is 1. The number of carbonyl (C=O) groups excluding carboxylic acids is 1. The van der Waals surface area contributed by atoms with Crippen molar-refractivity contribution in [2.24, 2.45) is 5.73 Å². The monoisotopic (exact) mass is 319 g/mol. The Morgan fingerprint density at radius 1 is 1.30 bits per heavy atom. The molecule has 1 aliphatic heterocycles. The highest BCUT2D eigenvalue weighted by Crippen LogP contribution is 2.13. The first-order chi connectivity index (χ1) is 11.0. The van der Waals surface area contributed by atoms with Crippen molar-refractivity contribution >= 4 is 5.91 Å². The zero-order chi connectivity index (χ0) is 16.7. The molecule has 3 unspecified atom stereocenters. The maximum Gasteiger partial charge on any atom is 0.221 e. The van der Waals surface area contributed by atoms with Crippen LogP contribution in [0.4, 0.5) is 0 Å². The molecular formula is C18H29N3O2. The molecule has 1 heterocycles. The second-order valence-corrected chi connectivity index (χ2v) is 6.44. The molecule has 3 N–H and O–H groups in total. The summed E-state index contributed by atoms with van der Waals surface area (Å²) >= 11 is 0. The van der Waals surface area contributed by atoms with Gasteiger partial charge in [-0.2, -0.15) is 0 Å². The van der Waals surface area contributed by atoms with E-state index in [-0.39, 0.29) is 24.2 Å². The van der Waals surface area contributed by atoms with Crippen LogP contribution < -0.4 is 11.1 Å². The molecule has 1 aromatic carbocycles. The van der Waals surface area contributed by atoms with Crippen LogP contribution in [-0.4, -0.2) is 49.2 Å². The van der Waals surface area contributed by atoms with E-state index in [1.807, 2.05) is 30.3 Å². The molecule has 1 fully saturated rings. The van der Waals surface area contributed by atoms with Gasteiger partial charge < -0.3 is 15.8 Å². The van der Waals surface area contributed by atoms with E-state index in [1.165, 1.54) is 0 Å². The van der Waals surface area contributed by atoms with Gasteiger partial charge in [0.1, 0.15) is 0 Å². The summed E-state index contributed by atoms with van der Waals surface area (Å²) in [5, 5.41) is 2.97. The lowest BCUT2D eigenvalue weighted by molar-refractivity contribution is -0.121. The van der Waals surface area contributed by atoms with Gasteiger partial charge in [0.15, 0.2) is 0 Å². The lowest BCUT2D eigenvalue weighted by Gasteiger charge is -2.35. The normalized spacial score (nSPS) is 23.4. The number of benzene rings is 1. The van der Waals surface area contributed by atoms with Crippen molar-refractivity contribution in [1.29, 1.82) is 0 Å². The summed E-state index contributed by atoms with van der Waals surface area (Å²) < 4.78 is 5.72. The van der Waals surface area contributed by atoms with E-state index in [1.54, 1.807) is 0 Å². The molecule has 23 heavy (non-hydrogen) atoms. The number of hydrogen-bond acceptors (Lipinski definition) is 4. The van der Waals surface area contributed by atoms with Crippen molar-refractivity contribution in [3.63, 3.8) is 0 Å². The van der Waals surface area contributed by atoms with E-state index in [0.29, 0.717) is 13.0 Å². The van der Waals surface area contributed by atoms with Gasteiger partial charge in [-0.1, -0.05) is 30.3 Å². The number of nitrogens with zero attached hydrogens (tertiary/aromatic N) is 1. The minimum absolute atomic E-state index is 0.0186. The Kier molecular flexibility index (Phi) is 7.02. The summed E-state index contributed by atoms with van der Waals surface area (Å²) in [6.45, 7) is 7.84. The largest absolute Gasteiger partial charge is 0.373 e. The second-order valence-electron chi connectivity index (χ2n) is 6.44. The number of nitrogens with one attached hydrogen (secondary N) is 1. The molecule has 1 aliphatic rings. The van der Waals surface area contributed by atoms with Crippen molar-refractivity contribution in [1.82, 2.24) is 10.2 Å². The van der Waals surface area contributed by atoms with Crippen LogP contribution in [0.3, 0.4) is 0 Å². The second kappa shape index (κ2) is 9.01. The molecule has 0 aromatic heterocycles. The Morgan fingerprint density at radius 2 is 1.96 bits per heavy atom. The van der Waals surface area contributed by atoms with E-state index in [4.69, 9.17) is 10.5 Å². The maximum absolute atomic E-state index is 12.0. The van der Waals surface area contributed by atoms with Gasteiger partial charge in [-0.3, -0.25) is 9.69 Å². The number of hydrogen-bond donors (Lipinski definition) is 2. The van der Waals surface area contributed by atoms with Gasteiger partial charge in [-0.05, 0) is 25.8 Å². The SMILES string of the molecule is CC1CN(CCCNC(=O)CC(N)c2ccccc2)CC(C)O1. The summed E-state index contributed by atoms with van der Waals surface area (Å²) in [6.07, 6.45) is 1.86. The molecule has 0 spiro atoms. The lowest BCUT2D eigenvalue weighted by atomic mass is 10.0. The predicted octanol–water partition coefficient (Wildman–Crippen LogP) is 1.69. The highest BCUT2D eigenvalue weighted by atomic mass is 16.5. The van der Waals surface area contributed by atoms with Crippen molar-refractivity contribution in [3.05, 3.63) is 35.9 Å². The maximum atomic E-state index is 12.0. The number of morpholine rings is 1. The Labute approximate surface area is 139 Å². The van der Waals surface area contributed by atoms with Gasteiger partial charge in [0.2, 0.25) is 5.91 Å². The van der Waals surface area contributed by atoms with E-state index in [0.717, 1.165) is 31.6 Å². The molecule has 1 amide bonds. The summed E-state index contributed by atoms with van der Waals surface area (Å²) in [6, 6.07) is 9.51. The number of carbonyl (C=O) groups is 1. The van der Waals surface area contributed by atoms with Crippen molar-refractivity contribution in [3.8, 4) is 0 Å². The molecule has 1 saturated heterocycles. The van der Waals surface area contributed by atoms with Gasteiger partial charge in [0.25, 0.3) is 0 Å². The molecule has 128 valence electrons. The van der Waals surface area contributed by atoms with Crippen LogP contribution in [0.5, 0.6) is 0 Å². The minimum atomic E-state index is -0.239. The molecule has 5 nitrogen and oxygen atoms in total. The van der Waals surface area contributed by atoms with Crippen molar-refractivity contribution in [2.75, 3.05) is 26.2 Å². The predicted molar refractivity (Wildman–Crippen MR) is 92.1 cm³/mol. The first-order valence-electron chi connectivity index (χ1n) is 8.49. The zero-order valence-electron chi connectivity index (χ0n) is 14.2.